The van der Waals surface area contributed by atoms with Crippen LogP contribution >= 0.6 is 0 Å². The molecule has 0 radical (unpaired) electrons. The Morgan fingerprint density at radius 3 is 2.52 bits per heavy atom. The molecule has 2 aliphatic rings. The van der Waals surface area contributed by atoms with Gasteiger partial charge in [-0.2, -0.15) is 0 Å². The number of aromatic nitrogens is 4. The fraction of sp³-hybridized carbons (Fsp3) is 0.480. The molecule has 5 rings (SSSR count). The second-order valence-corrected chi connectivity index (χ2v) is 8.83. The van der Waals surface area contributed by atoms with Crippen LogP contribution in [-0.2, 0) is 17.8 Å². The van der Waals surface area contributed by atoms with Crippen molar-refractivity contribution in [3.05, 3.63) is 71.5 Å². The van der Waals surface area contributed by atoms with Crippen LogP contribution in [0, 0.1) is 0 Å². The van der Waals surface area contributed by atoms with E-state index >= 15 is 0 Å². The maximum absolute atomic E-state index is 5.86. The van der Waals surface area contributed by atoms with Crippen molar-refractivity contribution in [1.82, 2.24) is 30.0 Å². The molecule has 0 amide bonds. The highest BCUT2D eigenvalue weighted by molar-refractivity contribution is 5.32. The average Bonchev–Trinajstić information content (AvgIpc) is 3.54. The third kappa shape index (κ3) is 5.24. The normalized spacial score (nSPS) is 20.7. The van der Waals surface area contributed by atoms with Crippen molar-refractivity contribution in [2.24, 2.45) is 0 Å². The van der Waals surface area contributed by atoms with Gasteiger partial charge in [0, 0.05) is 39.3 Å². The van der Waals surface area contributed by atoms with Crippen molar-refractivity contribution in [1.29, 1.82) is 0 Å². The first-order chi connectivity index (χ1) is 16.3. The van der Waals surface area contributed by atoms with Gasteiger partial charge in [0.15, 0.2) is 5.82 Å². The highest BCUT2D eigenvalue weighted by atomic mass is 16.5. The van der Waals surface area contributed by atoms with Gasteiger partial charge in [-0.15, -0.1) is 5.10 Å². The number of ether oxygens (including phenoxy) is 2. The molecule has 2 aromatic carbocycles. The van der Waals surface area contributed by atoms with E-state index in [9.17, 15) is 0 Å². The first-order valence-electron chi connectivity index (χ1n) is 11.8. The van der Waals surface area contributed by atoms with Crippen LogP contribution < -0.4 is 4.74 Å². The minimum Gasteiger partial charge on any atom is -0.497 e. The molecule has 8 heteroatoms. The SMILES string of the molecule is COc1ccc([C@H](c2nnnn2C[C@H]2CCCO2)N2CCN(Cc3ccccc3)CC2)cc1. The number of nitrogens with zero attached hydrogens (tertiary/aromatic N) is 6. The molecule has 1 aromatic heterocycles. The van der Waals surface area contributed by atoms with Crippen molar-refractivity contribution < 1.29 is 9.47 Å². The minimum atomic E-state index is -0.00816. The molecule has 3 aromatic rings. The van der Waals surface area contributed by atoms with E-state index < -0.39 is 0 Å². The van der Waals surface area contributed by atoms with E-state index in [1.165, 1.54) is 11.1 Å². The molecule has 2 saturated heterocycles. The molecule has 174 valence electrons. The van der Waals surface area contributed by atoms with E-state index in [-0.39, 0.29) is 12.1 Å². The summed E-state index contributed by atoms with van der Waals surface area (Å²) in [5.41, 5.74) is 2.54. The smallest absolute Gasteiger partial charge is 0.173 e. The molecular formula is C25H32N6O2. The topological polar surface area (TPSA) is 68.5 Å². The Labute approximate surface area is 195 Å². The molecular weight excluding hydrogens is 416 g/mol. The van der Waals surface area contributed by atoms with Gasteiger partial charge in [0.25, 0.3) is 0 Å². The molecule has 2 atom stereocenters. The van der Waals surface area contributed by atoms with Crippen LogP contribution in [0.2, 0.25) is 0 Å². The molecule has 0 N–H and O–H groups in total. The Hall–Kier alpha value is -2.81. The molecule has 0 bridgehead atoms. The Kier molecular flexibility index (Phi) is 6.95. The molecule has 0 aliphatic carbocycles. The molecule has 0 spiro atoms. The summed E-state index contributed by atoms with van der Waals surface area (Å²) in [4.78, 5) is 5.02. The van der Waals surface area contributed by atoms with Crippen LogP contribution in [0.15, 0.2) is 54.6 Å². The van der Waals surface area contributed by atoms with Gasteiger partial charge < -0.3 is 9.47 Å². The summed E-state index contributed by atoms with van der Waals surface area (Å²) in [6.45, 7) is 6.44. The summed E-state index contributed by atoms with van der Waals surface area (Å²) in [7, 11) is 1.70. The quantitative estimate of drug-likeness (QED) is 0.525. The summed E-state index contributed by atoms with van der Waals surface area (Å²) in [6.07, 6.45) is 2.35. The van der Waals surface area contributed by atoms with Gasteiger partial charge in [-0.25, -0.2) is 4.68 Å². The Morgan fingerprint density at radius 2 is 1.82 bits per heavy atom. The van der Waals surface area contributed by atoms with Crippen molar-refractivity contribution in [2.75, 3.05) is 39.9 Å². The van der Waals surface area contributed by atoms with Gasteiger partial charge in [-0.05, 0) is 46.5 Å². The monoisotopic (exact) mass is 448 g/mol. The minimum absolute atomic E-state index is 0.00816. The van der Waals surface area contributed by atoms with E-state index in [1.807, 2.05) is 16.8 Å². The van der Waals surface area contributed by atoms with Crippen molar-refractivity contribution in [3.63, 3.8) is 0 Å². The van der Waals surface area contributed by atoms with Gasteiger partial charge in [-0.1, -0.05) is 42.5 Å². The van der Waals surface area contributed by atoms with E-state index in [0.717, 1.165) is 63.7 Å². The first kappa shape index (κ1) is 22.0. The summed E-state index contributed by atoms with van der Waals surface area (Å²) in [5, 5.41) is 12.9. The second-order valence-electron chi connectivity index (χ2n) is 8.83. The number of hydrogen-bond acceptors (Lipinski definition) is 7. The standard InChI is InChI=1S/C25H32N6O2/c1-32-22-11-9-21(10-12-22)24(25-26-27-28-31(25)19-23-8-5-17-33-23)30-15-13-29(14-16-30)18-20-6-3-2-4-7-20/h2-4,6-7,9-12,23-24H,5,8,13-19H2,1H3/t23-,24-/m1/s1. The lowest BCUT2D eigenvalue weighted by Crippen LogP contribution is -2.48. The maximum Gasteiger partial charge on any atom is 0.173 e. The summed E-state index contributed by atoms with van der Waals surface area (Å²) in [5.74, 6) is 1.73. The van der Waals surface area contributed by atoms with Gasteiger partial charge in [0.05, 0.1) is 25.8 Å². The lowest BCUT2D eigenvalue weighted by Gasteiger charge is -2.39. The predicted molar refractivity (Wildman–Crippen MR) is 125 cm³/mol. The number of rotatable bonds is 8. The van der Waals surface area contributed by atoms with Crippen LogP contribution in [0.25, 0.3) is 0 Å². The van der Waals surface area contributed by atoms with Crippen molar-refractivity contribution in [2.45, 2.75) is 38.1 Å². The Balaban J connectivity index is 1.35. The van der Waals surface area contributed by atoms with Gasteiger partial charge in [-0.3, -0.25) is 9.80 Å². The van der Waals surface area contributed by atoms with E-state index in [4.69, 9.17) is 9.47 Å². The number of benzene rings is 2. The van der Waals surface area contributed by atoms with Gasteiger partial charge >= 0.3 is 0 Å². The zero-order valence-corrected chi connectivity index (χ0v) is 19.2. The summed E-state index contributed by atoms with van der Waals surface area (Å²) >= 11 is 0. The first-order valence-corrected chi connectivity index (χ1v) is 11.8. The summed E-state index contributed by atoms with van der Waals surface area (Å²) in [6, 6.07) is 19.0. The lowest BCUT2D eigenvalue weighted by molar-refractivity contribution is 0.0841. The van der Waals surface area contributed by atoms with Crippen LogP contribution in [0.5, 0.6) is 5.75 Å². The predicted octanol–water partition coefficient (Wildman–Crippen LogP) is 2.77. The van der Waals surface area contributed by atoms with E-state index in [0.29, 0.717) is 6.54 Å². The zero-order chi connectivity index (χ0) is 22.5. The maximum atomic E-state index is 5.86. The Bertz CT molecular complexity index is 995. The lowest BCUT2D eigenvalue weighted by atomic mass is 10.0. The number of tetrazole rings is 1. The van der Waals surface area contributed by atoms with Crippen LogP contribution in [0.4, 0.5) is 0 Å². The van der Waals surface area contributed by atoms with Crippen LogP contribution in [0.3, 0.4) is 0 Å². The molecule has 0 unspecified atom stereocenters. The fourth-order valence-corrected chi connectivity index (χ4v) is 4.85. The number of hydrogen-bond donors (Lipinski definition) is 0. The summed E-state index contributed by atoms with van der Waals surface area (Å²) < 4.78 is 13.2. The molecule has 33 heavy (non-hydrogen) atoms. The van der Waals surface area contributed by atoms with Crippen LogP contribution in [-0.4, -0.2) is 76.0 Å². The van der Waals surface area contributed by atoms with Gasteiger partial charge in [0.2, 0.25) is 0 Å². The zero-order valence-electron chi connectivity index (χ0n) is 19.2. The number of piperazine rings is 1. The van der Waals surface area contributed by atoms with E-state index in [2.05, 4.69) is 67.8 Å². The van der Waals surface area contributed by atoms with Crippen molar-refractivity contribution in [3.8, 4) is 5.75 Å². The Morgan fingerprint density at radius 1 is 1.03 bits per heavy atom. The molecule has 0 saturated carbocycles. The highest BCUT2D eigenvalue weighted by Crippen LogP contribution is 2.30. The van der Waals surface area contributed by atoms with Crippen LogP contribution in [0.1, 0.15) is 35.8 Å². The fourth-order valence-electron chi connectivity index (χ4n) is 4.85. The molecule has 3 heterocycles. The molecule has 8 nitrogen and oxygen atoms in total. The average molecular weight is 449 g/mol. The second kappa shape index (κ2) is 10.4. The molecule has 2 fully saturated rings. The molecule has 2 aliphatic heterocycles. The third-order valence-electron chi connectivity index (χ3n) is 6.66. The van der Waals surface area contributed by atoms with Gasteiger partial charge in [0.1, 0.15) is 5.75 Å². The highest BCUT2D eigenvalue weighted by Gasteiger charge is 2.31. The number of methoxy groups -OCH3 is 1. The van der Waals surface area contributed by atoms with E-state index in [1.54, 1.807) is 7.11 Å². The largest absolute Gasteiger partial charge is 0.497 e. The van der Waals surface area contributed by atoms with Crippen molar-refractivity contribution >= 4 is 0 Å². The third-order valence-corrected chi connectivity index (χ3v) is 6.66.